The number of fused-ring (bicyclic) bond motifs is 1. The van der Waals surface area contributed by atoms with Crippen LogP contribution in [0.3, 0.4) is 0 Å². The van der Waals surface area contributed by atoms with E-state index in [1.165, 1.54) is 45.1 Å². The van der Waals surface area contributed by atoms with Crippen LogP contribution < -0.4 is 4.74 Å². The first-order valence-corrected chi connectivity index (χ1v) is 8.12. The van der Waals surface area contributed by atoms with Crippen LogP contribution in [-0.2, 0) is 11.8 Å². The van der Waals surface area contributed by atoms with Crippen LogP contribution >= 0.6 is 12.4 Å². The summed E-state index contributed by atoms with van der Waals surface area (Å²) < 4.78 is 5.51. The second-order valence-electron chi connectivity index (χ2n) is 7.03. The second kappa shape index (κ2) is 5.48. The van der Waals surface area contributed by atoms with Crippen LogP contribution in [0.25, 0.3) is 0 Å². The van der Waals surface area contributed by atoms with E-state index in [4.69, 9.17) is 4.74 Å². The molecule has 0 radical (unpaired) electrons. The lowest BCUT2D eigenvalue weighted by Crippen LogP contribution is -2.59. The van der Waals surface area contributed by atoms with E-state index in [1.54, 1.807) is 18.2 Å². The number of nitrogens with zero attached hydrogens (tertiary/aromatic N) is 1. The minimum Gasteiger partial charge on any atom is -0.497 e. The molecule has 3 aliphatic rings. The van der Waals surface area contributed by atoms with Gasteiger partial charge in [-0.3, -0.25) is 0 Å². The van der Waals surface area contributed by atoms with Crippen molar-refractivity contribution in [3.05, 3.63) is 29.3 Å². The summed E-state index contributed by atoms with van der Waals surface area (Å²) in [4.78, 5) is 2.63. The van der Waals surface area contributed by atoms with Crippen molar-refractivity contribution in [3.63, 3.8) is 0 Å². The molecule has 0 N–H and O–H groups in total. The Balaban J connectivity index is 0.00000132. The largest absolute Gasteiger partial charge is 0.497 e. The zero-order valence-corrected chi connectivity index (χ0v) is 13.9. The van der Waals surface area contributed by atoms with Gasteiger partial charge in [-0.05, 0) is 68.5 Å². The lowest BCUT2D eigenvalue weighted by molar-refractivity contribution is 0.00274. The molecule has 0 aromatic heterocycles. The minimum atomic E-state index is 0. The summed E-state index contributed by atoms with van der Waals surface area (Å²) in [5, 5.41) is 0. The first kappa shape index (κ1) is 15.2. The molecule has 0 spiro atoms. The summed E-state index contributed by atoms with van der Waals surface area (Å²) in [6.45, 7) is 1.26. The maximum atomic E-state index is 5.51. The van der Waals surface area contributed by atoms with Gasteiger partial charge in [0.05, 0.1) is 7.11 Å². The van der Waals surface area contributed by atoms with E-state index in [0.29, 0.717) is 5.41 Å². The fraction of sp³-hybridized carbons (Fsp3) is 0.667. The average Bonchev–Trinajstić information content (AvgIpc) is 2.50. The van der Waals surface area contributed by atoms with Crippen LogP contribution in [0, 0.1) is 5.92 Å². The van der Waals surface area contributed by atoms with Crippen LogP contribution in [0.5, 0.6) is 5.75 Å². The lowest BCUT2D eigenvalue weighted by Gasteiger charge is -2.58. The Morgan fingerprint density at radius 1 is 1.24 bits per heavy atom. The third kappa shape index (κ3) is 2.10. The Bertz CT molecular complexity index is 532. The Morgan fingerprint density at radius 2 is 2.10 bits per heavy atom. The van der Waals surface area contributed by atoms with Crippen molar-refractivity contribution in [1.29, 1.82) is 0 Å². The van der Waals surface area contributed by atoms with Crippen LogP contribution in [0.1, 0.15) is 43.2 Å². The van der Waals surface area contributed by atoms with Gasteiger partial charge in [-0.2, -0.15) is 0 Å². The molecule has 1 saturated heterocycles. The predicted octanol–water partition coefficient (Wildman–Crippen LogP) is 3.81. The number of likely N-dealkylation sites (N-methyl/N-ethyl adjacent to an activating group) is 1. The van der Waals surface area contributed by atoms with E-state index in [1.807, 2.05) is 0 Å². The molecule has 1 saturated carbocycles. The summed E-state index contributed by atoms with van der Waals surface area (Å²) in [6, 6.07) is 7.60. The van der Waals surface area contributed by atoms with Gasteiger partial charge in [-0.25, -0.2) is 0 Å². The number of rotatable bonds is 1. The molecule has 2 nitrogen and oxygen atoms in total. The van der Waals surface area contributed by atoms with Gasteiger partial charge in [0.15, 0.2) is 0 Å². The van der Waals surface area contributed by atoms with Gasteiger partial charge in [0, 0.05) is 11.5 Å². The maximum Gasteiger partial charge on any atom is 0.119 e. The van der Waals surface area contributed by atoms with Crippen molar-refractivity contribution in [1.82, 2.24) is 4.90 Å². The van der Waals surface area contributed by atoms with Crippen LogP contribution in [0.2, 0.25) is 0 Å². The normalized spacial score (nSPS) is 34.4. The monoisotopic (exact) mass is 307 g/mol. The van der Waals surface area contributed by atoms with Crippen molar-refractivity contribution >= 4 is 12.4 Å². The molecule has 1 aliphatic heterocycles. The molecular formula is C18H26ClNO. The molecule has 1 aromatic rings. The third-order valence-electron chi connectivity index (χ3n) is 6.32. The van der Waals surface area contributed by atoms with Crippen molar-refractivity contribution in [2.75, 3.05) is 20.7 Å². The van der Waals surface area contributed by atoms with Crippen molar-refractivity contribution in [3.8, 4) is 5.75 Å². The summed E-state index contributed by atoms with van der Waals surface area (Å²) in [7, 11) is 4.12. The summed E-state index contributed by atoms with van der Waals surface area (Å²) in [6.07, 6.45) is 8.22. The zero-order valence-electron chi connectivity index (χ0n) is 13.1. The van der Waals surface area contributed by atoms with Crippen LogP contribution in [0.15, 0.2) is 18.2 Å². The van der Waals surface area contributed by atoms with E-state index in [9.17, 15) is 0 Å². The highest BCUT2D eigenvalue weighted by atomic mass is 35.5. The molecule has 0 amide bonds. The number of benzene rings is 1. The lowest BCUT2D eigenvalue weighted by atomic mass is 9.52. The van der Waals surface area contributed by atoms with Crippen LogP contribution in [0.4, 0.5) is 0 Å². The standard InChI is InChI=1S/C18H25NO.ClH/c1-19-10-9-18-8-4-3-5-15(18)17(19)11-13-6-7-14(20-2)12-16(13)18;/h6-7,12,15,17H,3-5,8-11H2,1-2H3;1H/t15?,17-,18-;/m1./s1. The Kier molecular flexibility index (Phi) is 3.96. The number of ether oxygens (including phenoxy) is 1. The first-order valence-electron chi connectivity index (χ1n) is 8.12. The fourth-order valence-corrected chi connectivity index (χ4v) is 5.30. The van der Waals surface area contributed by atoms with E-state index in [0.717, 1.165) is 17.7 Å². The second-order valence-corrected chi connectivity index (χ2v) is 7.03. The molecule has 3 atom stereocenters. The molecule has 2 bridgehead atoms. The molecule has 116 valence electrons. The molecule has 3 heteroatoms. The Labute approximate surface area is 134 Å². The van der Waals surface area contributed by atoms with E-state index >= 15 is 0 Å². The highest BCUT2D eigenvalue weighted by molar-refractivity contribution is 5.85. The van der Waals surface area contributed by atoms with Crippen molar-refractivity contribution in [2.24, 2.45) is 5.92 Å². The first-order chi connectivity index (χ1) is 9.74. The molecule has 1 unspecified atom stereocenters. The van der Waals surface area contributed by atoms with Crippen LogP contribution in [-0.4, -0.2) is 31.6 Å². The van der Waals surface area contributed by atoms with Crippen molar-refractivity contribution in [2.45, 2.75) is 50.0 Å². The molecule has 2 aliphatic carbocycles. The van der Waals surface area contributed by atoms with Gasteiger partial charge in [0.2, 0.25) is 0 Å². The number of piperidine rings is 1. The number of methoxy groups -OCH3 is 1. The van der Waals surface area contributed by atoms with E-state index in [-0.39, 0.29) is 12.4 Å². The number of likely N-dealkylation sites (tertiary alicyclic amines) is 1. The highest BCUT2D eigenvalue weighted by Crippen LogP contribution is 2.55. The molecular weight excluding hydrogens is 282 g/mol. The smallest absolute Gasteiger partial charge is 0.119 e. The highest BCUT2D eigenvalue weighted by Gasteiger charge is 2.53. The van der Waals surface area contributed by atoms with Gasteiger partial charge in [-0.1, -0.05) is 18.9 Å². The van der Waals surface area contributed by atoms with Crippen molar-refractivity contribution < 1.29 is 4.74 Å². The Hall–Kier alpha value is -0.730. The van der Waals surface area contributed by atoms with Gasteiger partial charge in [-0.15, -0.1) is 12.4 Å². The topological polar surface area (TPSA) is 12.5 Å². The third-order valence-corrected chi connectivity index (χ3v) is 6.32. The Morgan fingerprint density at radius 3 is 2.90 bits per heavy atom. The quantitative estimate of drug-likeness (QED) is 0.782. The molecule has 21 heavy (non-hydrogen) atoms. The fourth-order valence-electron chi connectivity index (χ4n) is 5.30. The SMILES string of the molecule is COc1ccc2c(c1)[C@@]13CCCCC1[C@@H](C2)N(C)CC3.Cl. The predicted molar refractivity (Wildman–Crippen MR) is 88.6 cm³/mol. The summed E-state index contributed by atoms with van der Waals surface area (Å²) >= 11 is 0. The van der Waals surface area contributed by atoms with E-state index < -0.39 is 0 Å². The minimum absolute atomic E-state index is 0. The number of hydrogen-bond donors (Lipinski definition) is 0. The molecule has 1 aromatic carbocycles. The van der Waals surface area contributed by atoms with Gasteiger partial charge >= 0.3 is 0 Å². The number of halogens is 1. The molecule has 2 fully saturated rings. The molecule has 4 rings (SSSR count). The van der Waals surface area contributed by atoms with Gasteiger partial charge in [0.25, 0.3) is 0 Å². The van der Waals surface area contributed by atoms with Gasteiger partial charge in [0.1, 0.15) is 5.75 Å². The summed E-state index contributed by atoms with van der Waals surface area (Å²) in [5.41, 5.74) is 3.67. The van der Waals surface area contributed by atoms with Gasteiger partial charge < -0.3 is 9.64 Å². The maximum absolute atomic E-state index is 5.51. The number of hydrogen-bond acceptors (Lipinski definition) is 2. The summed E-state index contributed by atoms with van der Waals surface area (Å²) in [5.74, 6) is 1.91. The molecule has 1 heterocycles. The van der Waals surface area contributed by atoms with E-state index in [2.05, 4.69) is 30.1 Å². The average molecular weight is 308 g/mol. The zero-order chi connectivity index (χ0) is 13.7.